The van der Waals surface area contributed by atoms with Crippen molar-refractivity contribution in [1.82, 2.24) is 0 Å². The van der Waals surface area contributed by atoms with Crippen LogP contribution >= 0.6 is 81.2 Å². The molecule has 1 aliphatic rings. The molecule has 1 rings (SSSR count). The molecule has 0 aromatic carbocycles. The fourth-order valence-electron chi connectivity index (χ4n) is 0.615. The average molecular weight is 313 g/mol. The Labute approximate surface area is 104 Å². The van der Waals surface area contributed by atoms with E-state index in [1.165, 1.54) is 0 Å². The Morgan fingerprint density at radius 1 is 0.917 bits per heavy atom. The van der Waals surface area contributed by atoms with E-state index in [1.54, 1.807) is 0 Å². The lowest BCUT2D eigenvalue weighted by Crippen LogP contribution is -2.43. The van der Waals surface area contributed by atoms with Crippen molar-refractivity contribution in [3.63, 3.8) is 0 Å². The van der Waals surface area contributed by atoms with Crippen LogP contribution < -0.4 is 0 Å². The molecule has 1 nitrogen and oxygen atoms in total. The zero-order chi connectivity index (χ0) is 9.78. The Morgan fingerprint density at radius 2 is 1.33 bits per heavy atom. The van der Waals surface area contributed by atoms with Crippen LogP contribution in [0.3, 0.4) is 0 Å². The Bertz CT molecular complexity index is 200. The SMILES string of the molecule is ClC1OC(Cl)(Cl)C(Cl)(Cl)C1(Cl)Cl. The third-order valence-electron chi connectivity index (χ3n) is 1.32. The molecule has 72 valence electrons. The minimum Gasteiger partial charge on any atom is -0.321 e. The minimum atomic E-state index is -1.92. The first kappa shape index (κ1) is 12.1. The quantitative estimate of drug-likeness (QED) is 0.613. The van der Waals surface area contributed by atoms with Gasteiger partial charge in [-0.25, -0.2) is 0 Å². The van der Waals surface area contributed by atoms with Gasteiger partial charge < -0.3 is 4.74 Å². The molecule has 8 heteroatoms. The minimum absolute atomic E-state index is 1.18. The van der Waals surface area contributed by atoms with Crippen molar-refractivity contribution < 1.29 is 4.74 Å². The lowest BCUT2D eigenvalue weighted by atomic mass is 10.3. The highest BCUT2D eigenvalue weighted by atomic mass is 35.5. The van der Waals surface area contributed by atoms with Crippen LogP contribution in [0.4, 0.5) is 0 Å². The summed E-state index contributed by atoms with van der Waals surface area (Å²) in [7, 11) is 0. The number of hydrogen-bond acceptors (Lipinski definition) is 1. The molecule has 1 atom stereocenters. The smallest absolute Gasteiger partial charge is 0.255 e. The monoisotopic (exact) mass is 310 g/mol. The Morgan fingerprint density at radius 3 is 1.42 bits per heavy atom. The van der Waals surface area contributed by atoms with Gasteiger partial charge in [0.25, 0.3) is 4.52 Å². The van der Waals surface area contributed by atoms with E-state index in [-0.39, 0.29) is 0 Å². The van der Waals surface area contributed by atoms with Gasteiger partial charge in [0.1, 0.15) is 0 Å². The standard InChI is InChI=1S/C4HCl7O/c5-1-2(6,7)3(8,9)4(10,11)12-1/h1H. The second-order valence-electron chi connectivity index (χ2n) is 2.15. The third kappa shape index (κ3) is 1.51. The van der Waals surface area contributed by atoms with Crippen LogP contribution in [0.2, 0.25) is 0 Å². The lowest BCUT2D eigenvalue weighted by Gasteiger charge is -2.28. The highest BCUT2D eigenvalue weighted by Crippen LogP contribution is 2.63. The molecule has 0 aromatic heterocycles. The number of ether oxygens (including phenoxy) is 1. The van der Waals surface area contributed by atoms with Gasteiger partial charge in [-0.3, -0.25) is 0 Å². The summed E-state index contributed by atoms with van der Waals surface area (Å²) >= 11 is 39.4. The molecule has 12 heavy (non-hydrogen) atoms. The molecule has 0 aromatic rings. The van der Waals surface area contributed by atoms with Gasteiger partial charge in [-0.2, -0.15) is 0 Å². The Kier molecular flexibility index (Phi) is 3.26. The molecule has 0 amide bonds. The van der Waals surface area contributed by atoms with Crippen LogP contribution in [0, 0.1) is 0 Å². The maximum atomic E-state index is 5.67. The largest absolute Gasteiger partial charge is 0.321 e. The van der Waals surface area contributed by atoms with Crippen LogP contribution in [0.1, 0.15) is 0 Å². The lowest BCUT2D eigenvalue weighted by molar-refractivity contribution is 0.110. The van der Waals surface area contributed by atoms with E-state index in [4.69, 9.17) is 85.9 Å². The summed E-state index contributed by atoms with van der Waals surface area (Å²) in [5, 5.41) is 0. The molecular formula is C4HCl7O. The molecule has 0 spiro atoms. The fourth-order valence-corrected chi connectivity index (χ4v) is 2.43. The van der Waals surface area contributed by atoms with E-state index in [0.717, 1.165) is 0 Å². The van der Waals surface area contributed by atoms with Crippen LogP contribution in [0.5, 0.6) is 0 Å². The van der Waals surface area contributed by atoms with Gasteiger partial charge in [0.05, 0.1) is 0 Å². The molecule has 0 aliphatic carbocycles. The number of halogens is 7. The van der Waals surface area contributed by atoms with Crippen molar-refractivity contribution in [1.29, 1.82) is 0 Å². The Hall–Kier alpha value is 1.99. The maximum absolute atomic E-state index is 5.67. The van der Waals surface area contributed by atoms with Crippen molar-refractivity contribution in [3.8, 4) is 0 Å². The fraction of sp³-hybridized carbons (Fsp3) is 1.00. The molecule has 1 saturated heterocycles. The molecule has 1 unspecified atom stereocenters. The van der Waals surface area contributed by atoms with Crippen LogP contribution in [0.25, 0.3) is 0 Å². The van der Waals surface area contributed by atoms with Crippen molar-refractivity contribution in [3.05, 3.63) is 0 Å². The van der Waals surface area contributed by atoms with E-state index in [0.29, 0.717) is 0 Å². The maximum Gasteiger partial charge on any atom is 0.255 e. The topological polar surface area (TPSA) is 9.23 Å². The van der Waals surface area contributed by atoms with E-state index in [1.807, 2.05) is 0 Å². The summed E-state index contributed by atoms with van der Waals surface area (Å²) in [5.74, 6) is 0. The average Bonchev–Trinajstić information content (AvgIpc) is 1.92. The van der Waals surface area contributed by atoms with Gasteiger partial charge in [-0.1, -0.05) is 81.2 Å². The van der Waals surface area contributed by atoms with Gasteiger partial charge >= 0.3 is 0 Å². The summed E-state index contributed by atoms with van der Waals surface area (Å²) in [6.07, 6.45) is 0. The van der Waals surface area contributed by atoms with Gasteiger partial charge in [-0.05, 0) is 0 Å². The molecule has 1 aliphatic heterocycles. The van der Waals surface area contributed by atoms with E-state index in [9.17, 15) is 0 Å². The highest BCUT2D eigenvalue weighted by Gasteiger charge is 2.71. The van der Waals surface area contributed by atoms with E-state index >= 15 is 0 Å². The van der Waals surface area contributed by atoms with Crippen molar-refractivity contribution in [2.75, 3.05) is 0 Å². The third-order valence-corrected chi connectivity index (χ3v) is 5.57. The van der Waals surface area contributed by atoms with Gasteiger partial charge in [0.15, 0.2) is 9.90 Å². The van der Waals surface area contributed by atoms with E-state index in [2.05, 4.69) is 0 Å². The number of hydrogen-bond donors (Lipinski definition) is 0. The van der Waals surface area contributed by atoms with Crippen molar-refractivity contribution in [2.24, 2.45) is 0 Å². The number of rotatable bonds is 0. The second kappa shape index (κ2) is 3.24. The summed E-state index contributed by atoms with van der Waals surface area (Å²) in [5.41, 5.74) is -1.18. The van der Waals surface area contributed by atoms with Crippen LogP contribution in [-0.4, -0.2) is 18.7 Å². The first-order chi connectivity index (χ1) is 5.13. The zero-order valence-corrected chi connectivity index (χ0v) is 10.4. The van der Waals surface area contributed by atoms with Crippen LogP contribution in [-0.2, 0) is 4.74 Å². The first-order valence-corrected chi connectivity index (χ1v) is 5.28. The summed E-state index contributed by atoms with van der Waals surface area (Å²) in [4.78, 5) is 0. The van der Waals surface area contributed by atoms with Gasteiger partial charge in [0.2, 0.25) is 4.33 Å². The van der Waals surface area contributed by atoms with Crippen molar-refractivity contribution in [2.45, 2.75) is 18.7 Å². The van der Waals surface area contributed by atoms with Gasteiger partial charge in [0, 0.05) is 0 Å². The molecule has 1 heterocycles. The molecule has 0 bridgehead atoms. The van der Waals surface area contributed by atoms with E-state index < -0.39 is 18.7 Å². The predicted octanol–water partition coefficient (Wildman–Crippen LogP) is 4.06. The second-order valence-corrected chi connectivity index (χ2v) is 6.52. The molecule has 0 radical (unpaired) electrons. The summed E-state index contributed by atoms with van der Waals surface area (Å²) in [6.45, 7) is 0. The Balaban J connectivity index is 3.10. The first-order valence-electron chi connectivity index (χ1n) is 2.58. The summed E-state index contributed by atoms with van der Waals surface area (Å²) < 4.78 is -0.830. The molecule has 0 saturated carbocycles. The number of alkyl halides is 7. The molecule has 0 N–H and O–H groups in total. The zero-order valence-electron chi connectivity index (χ0n) is 5.13. The van der Waals surface area contributed by atoms with Crippen molar-refractivity contribution >= 4 is 81.2 Å². The van der Waals surface area contributed by atoms with Gasteiger partial charge in [-0.15, -0.1) is 0 Å². The summed E-state index contributed by atoms with van der Waals surface area (Å²) in [6, 6.07) is 0. The van der Waals surface area contributed by atoms with Crippen LogP contribution in [0.15, 0.2) is 0 Å². The highest BCUT2D eigenvalue weighted by molar-refractivity contribution is 6.71. The predicted molar refractivity (Wildman–Crippen MR) is 54.0 cm³/mol. The molecule has 1 fully saturated rings. The normalized spacial score (nSPS) is 36.8. The molecular weight excluding hydrogens is 312 g/mol.